The summed E-state index contributed by atoms with van der Waals surface area (Å²) in [6.45, 7) is 0. The largest absolute Gasteiger partial charge is 0.545 e. The lowest BCUT2D eigenvalue weighted by Crippen LogP contribution is -2.33. The fourth-order valence-corrected chi connectivity index (χ4v) is 3.90. The Bertz CT molecular complexity index is 661. The average Bonchev–Trinajstić information content (AvgIpc) is 3.13. The maximum atomic E-state index is 12.5. The molecule has 2 amide bonds. The Morgan fingerprint density at radius 2 is 1.52 bits per heavy atom. The Kier molecular flexibility index (Phi) is 2.37. The van der Waals surface area contributed by atoms with Crippen LogP contribution in [0.3, 0.4) is 0 Å². The number of hydrogen-bond donors (Lipinski definition) is 0. The first-order chi connectivity index (χ1) is 10.1. The minimum absolute atomic E-state index is 0.0276. The molecule has 0 radical (unpaired) electrons. The maximum absolute atomic E-state index is 12.5. The van der Waals surface area contributed by atoms with Crippen LogP contribution in [0.25, 0.3) is 0 Å². The number of hydrogen-bond acceptors (Lipinski definition) is 4. The summed E-state index contributed by atoms with van der Waals surface area (Å²) in [5, 5.41) is 10.7. The molecule has 1 aromatic carbocycles. The van der Waals surface area contributed by atoms with Crippen molar-refractivity contribution in [3.63, 3.8) is 0 Å². The smallest absolute Gasteiger partial charge is 0.238 e. The molecule has 5 nitrogen and oxygen atoms in total. The molecule has 5 heteroatoms. The molecular weight excluding hydrogens is 270 g/mol. The third kappa shape index (κ3) is 1.54. The quantitative estimate of drug-likeness (QED) is 0.579. The number of benzene rings is 1. The number of amides is 2. The van der Waals surface area contributed by atoms with Crippen molar-refractivity contribution in [2.24, 2.45) is 23.7 Å². The average molecular weight is 282 g/mol. The monoisotopic (exact) mass is 282 g/mol. The van der Waals surface area contributed by atoms with Gasteiger partial charge in [-0.2, -0.15) is 0 Å². The van der Waals surface area contributed by atoms with Crippen molar-refractivity contribution < 1.29 is 19.5 Å². The number of carbonyl (C=O) groups excluding carboxylic acids is 3. The van der Waals surface area contributed by atoms with Crippen LogP contribution < -0.4 is 10.0 Å². The van der Waals surface area contributed by atoms with E-state index < -0.39 is 5.97 Å². The van der Waals surface area contributed by atoms with Gasteiger partial charge in [0.25, 0.3) is 0 Å². The summed E-state index contributed by atoms with van der Waals surface area (Å²) in [6, 6.07) is 5.67. The van der Waals surface area contributed by atoms with Crippen LogP contribution in [-0.4, -0.2) is 17.8 Å². The third-order valence-electron chi connectivity index (χ3n) is 4.83. The highest BCUT2D eigenvalue weighted by molar-refractivity contribution is 6.22. The summed E-state index contributed by atoms with van der Waals surface area (Å²) in [7, 11) is 0. The van der Waals surface area contributed by atoms with E-state index in [4.69, 9.17) is 0 Å². The Morgan fingerprint density at radius 1 is 1.00 bits per heavy atom. The Balaban J connectivity index is 1.69. The third-order valence-corrected chi connectivity index (χ3v) is 4.83. The van der Waals surface area contributed by atoms with Crippen LogP contribution >= 0.6 is 0 Å². The van der Waals surface area contributed by atoms with Crippen LogP contribution in [0, 0.1) is 23.7 Å². The van der Waals surface area contributed by atoms with E-state index >= 15 is 0 Å². The fourth-order valence-electron chi connectivity index (χ4n) is 3.90. The van der Waals surface area contributed by atoms with Crippen LogP contribution in [0.5, 0.6) is 0 Å². The zero-order chi connectivity index (χ0) is 14.7. The summed E-state index contributed by atoms with van der Waals surface area (Å²) in [5.41, 5.74) is 0.462. The molecule has 4 rings (SSSR count). The summed E-state index contributed by atoms with van der Waals surface area (Å²) in [5.74, 6) is -1.75. The molecule has 106 valence electrons. The van der Waals surface area contributed by atoms with E-state index in [9.17, 15) is 19.5 Å². The van der Waals surface area contributed by atoms with E-state index in [2.05, 4.69) is 0 Å². The highest BCUT2D eigenvalue weighted by atomic mass is 16.4. The summed E-state index contributed by atoms with van der Waals surface area (Å²) in [4.78, 5) is 37.1. The fraction of sp³-hybridized carbons (Fsp3) is 0.312. The number of carboxylic acids is 1. The van der Waals surface area contributed by atoms with E-state index in [1.54, 1.807) is 0 Å². The van der Waals surface area contributed by atoms with Gasteiger partial charge in [-0.05, 0) is 36.0 Å². The molecule has 0 unspecified atom stereocenters. The highest BCUT2D eigenvalue weighted by Crippen LogP contribution is 2.53. The van der Waals surface area contributed by atoms with Gasteiger partial charge in [0.05, 0.1) is 23.5 Å². The molecular formula is C16H12NO4-. The number of anilines is 1. The molecule has 2 aliphatic carbocycles. The van der Waals surface area contributed by atoms with E-state index in [1.165, 1.54) is 29.2 Å². The van der Waals surface area contributed by atoms with Crippen molar-refractivity contribution in [2.45, 2.75) is 6.42 Å². The lowest BCUT2D eigenvalue weighted by molar-refractivity contribution is -0.255. The second-order valence-electron chi connectivity index (χ2n) is 5.85. The van der Waals surface area contributed by atoms with Gasteiger partial charge in [0, 0.05) is 0 Å². The minimum Gasteiger partial charge on any atom is -0.545 e. The zero-order valence-electron chi connectivity index (χ0n) is 11.1. The van der Waals surface area contributed by atoms with Crippen LogP contribution in [0.2, 0.25) is 0 Å². The molecule has 4 atom stereocenters. The lowest BCUT2D eigenvalue weighted by atomic mass is 9.85. The van der Waals surface area contributed by atoms with Crippen molar-refractivity contribution in [2.75, 3.05) is 4.90 Å². The highest BCUT2D eigenvalue weighted by Gasteiger charge is 2.59. The molecule has 3 aliphatic rings. The predicted molar refractivity (Wildman–Crippen MR) is 71.0 cm³/mol. The van der Waals surface area contributed by atoms with E-state index in [0.717, 1.165) is 6.42 Å². The lowest BCUT2D eigenvalue weighted by Gasteiger charge is -2.17. The van der Waals surface area contributed by atoms with Crippen LogP contribution in [0.15, 0.2) is 36.4 Å². The molecule has 0 spiro atoms. The van der Waals surface area contributed by atoms with Gasteiger partial charge in [-0.25, -0.2) is 0 Å². The summed E-state index contributed by atoms with van der Waals surface area (Å²) >= 11 is 0. The number of carbonyl (C=O) groups is 3. The Hall–Kier alpha value is -2.43. The second-order valence-corrected chi connectivity index (χ2v) is 5.85. The second kappa shape index (κ2) is 4.04. The normalized spacial score (nSPS) is 32.9. The number of fused-ring (bicyclic) bond motifs is 5. The number of imide groups is 1. The number of aromatic carboxylic acids is 1. The van der Waals surface area contributed by atoms with Crippen LogP contribution in [-0.2, 0) is 9.59 Å². The van der Waals surface area contributed by atoms with E-state index in [1.807, 2.05) is 12.2 Å². The minimum atomic E-state index is -1.28. The topological polar surface area (TPSA) is 77.5 Å². The maximum Gasteiger partial charge on any atom is 0.238 e. The van der Waals surface area contributed by atoms with E-state index in [-0.39, 0.29) is 41.0 Å². The number of carboxylic acid groups (broad SMARTS) is 1. The number of nitrogens with zero attached hydrogens (tertiary/aromatic N) is 1. The van der Waals surface area contributed by atoms with Gasteiger partial charge in [-0.15, -0.1) is 0 Å². The van der Waals surface area contributed by atoms with Gasteiger partial charge in [-0.1, -0.05) is 24.3 Å². The van der Waals surface area contributed by atoms with Gasteiger partial charge < -0.3 is 9.90 Å². The van der Waals surface area contributed by atoms with Crippen LogP contribution in [0.4, 0.5) is 5.69 Å². The zero-order valence-corrected chi connectivity index (χ0v) is 11.1. The van der Waals surface area contributed by atoms with Gasteiger partial charge >= 0.3 is 0 Å². The number of rotatable bonds is 2. The number of allylic oxidation sites excluding steroid dienone is 2. The molecule has 1 aromatic rings. The molecule has 1 saturated heterocycles. The van der Waals surface area contributed by atoms with Crippen LogP contribution in [0.1, 0.15) is 16.8 Å². The summed E-state index contributed by atoms with van der Waals surface area (Å²) < 4.78 is 0. The van der Waals surface area contributed by atoms with E-state index in [0.29, 0.717) is 5.69 Å². The standard InChI is InChI=1S/C16H13NO4/c18-14-12-9-1-2-10(7-9)13(12)15(19)17(14)11-5-3-8(4-6-11)16(20)21/h1-6,9-10,12-13H,7H2,(H,20,21)/p-1/t9-,10+,12-,13+. The Morgan fingerprint density at radius 3 is 2.00 bits per heavy atom. The van der Waals surface area contributed by atoms with Gasteiger partial charge in [0.2, 0.25) is 11.8 Å². The molecule has 1 heterocycles. The van der Waals surface area contributed by atoms with Gasteiger partial charge in [-0.3, -0.25) is 14.5 Å². The van der Waals surface area contributed by atoms with Crippen molar-refractivity contribution in [3.8, 4) is 0 Å². The van der Waals surface area contributed by atoms with Gasteiger partial charge in [0.15, 0.2) is 0 Å². The van der Waals surface area contributed by atoms with Crippen molar-refractivity contribution in [1.29, 1.82) is 0 Å². The molecule has 0 aromatic heterocycles. The SMILES string of the molecule is O=C([O-])c1ccc(N2C(=O)[C@@H]3[C@H](C2=O)[C@@H]2C=C[C@H]3C2)cc1. The predicted octanol–water partition coefficient (Wildman–Crippen LogP) is 0.362. The summed E-state index contributed by atoms with van der Waals surface area (Å²) in [6.07, 6.45) is 4.98. The molecule has 1 saturated carbocycles. The molecule has 1 aliphatic heterocycles. The first-order valence-corrected chi connectivity index (χ1v) is 6.95. The first kappa shape index (κ1) is 12.3. The van der Waals surface area contributed by atoms with Gasteiger partial charge in [0.1, 0.15) is 0 Å². The van der Waals surface area contributed by atoms with Crippen molar-refractivity contribution in [3.05, 3.63) is 42.0 Å². The molecule has 2 fully saturated rings. The molecule has 0 N–H and O–H groups in total. The first-order valence-electron chi connectivity index (χ1n) is 6.95. The Labute approximate surface area is 120 Å². The molecule has 2 bridgehead atoms. The van der Waals surface area contributed by atoms with Crippen molar-refractivity contribution >= 4 is 23.5 Å². The molecule has 21 heavy (non-hydrogen) atoms. The van der Waals surface area contributed by atoms with Crippen molar-refractivity contribution in [1.82, 2.24) is 0 Å².